The molecular formula is C35H50O6Si. The van der Waals surface area contributed by atoms with Crippen LogP contribution in [0.1, 0.15) is 75.7 Å². The van der Waals surface area contributed by atoms with Crippen LogP contribution in [0.15, 0.2) is 60.7 Å². The summed E-state index contributed by atoms with van der Waals surface area (Å²) in [5.74, 6) is 4.96. The molecule has 0 aromatic heterocycles. The van der Waals surface area contributed by atoms with Crippen LogP contribution < -0.4 is 10.4 Å². The molecule has 0 amide bonds. The zero-order valence-corrected chi connectivity index (χ0v) is 28.1. The number of carbonyl (C=O) groups excluding carboxylic acids is 1. The number of hydrogen-bond donors (Lipinski definition) is 1. The van der Waals surface area contributed by atoms with Gasteiger partial charge in [0.05, 0.1) is 24.2 Å². The van der Waals surface area contributed by atoms with E-state index in [2.05, 4.69) is 88.1 Å². The Labute approximate surface area is 254 Å². The lowest BCUT2D eigenvalue weighted by atomic mass is 9.97. The third-order valence-electron chi connectivity index (χ3n) is 7.72. The summed E-state index contributed by atoms with van der Waals surface area (Å²) >= 11 is 0. The molecule has 1 aliphatic heterocycles. The molecule has 0 bridgehead atoms. The Morgan fingerprint density at radius 3 is 1.93 bits per heavy atom. The summed E-state index contributed by atoms with van der Waals surface area (Å²) in [6, 6.07) is 21.1. The lowest BCUT2D eigenvalue weighted by molar-refractivity contribution is -0.157. The van der Waals surface area contributed by atoms with Crippen molar-refractivity contribution >= 4 is 24.7 Å². The minimum Gasteiger partial charge on any atom is -0.465 e. The fourth-order valence-electron chi connectivity index (χ4n) is 5.33. The molecule has 7 heteroatoms. The van der Waals surface area contributed by atoms with Crippen LogP contribution in [0.3, 0.4) is 0 Å². The molecule has 2 aromatic carbocycles. The first-order valence-electron chi connectivity index (χ1n) is 15.0. The molecule has 1 fully saturated rings. The Balaban J connectivity index is 1.80. The van der Waals surface area contributed by atoms with E-state index in [0.29, 0.717) is 6.42 Å². The maximum absolute atomic E-state index is 12.2. The molecule has 1 heterocycles. The zero-order chi connectivity index (χ0) is 31.3. The molecule has 1 saturated heterocycles. The highest BCUT2D eigenvalue weighted by molar-refractivity contribution is 6.99. The van der Waals surface area contributed by atoms with Crippen LogP contribution in [-0.4, -0.2) is 56.2 Å². The molecule has 5 atom stereocenters. The number of aliphatic hydroxyl groups excluding tert-OH is 1. The predicted molar refractivity (Wildman–Crippen MR) is 170 cm³/mol. The lowest BCUT2D eigenvalue weighted by Gasteiger charge is -2.45. The first-order valence-corrected chi connectivity index (χ1v) is 16.9. The SMILES string of the molecule is CC(O[Si](c1ccccc1)(c1ccccc1)C(C)(C)C)[C@H](C)C#CC(O)[C@H]1OC(C)(C)O[C@H]1CCOC(=O)C(C)(C)C. The molecule has 3 rings (SSSR count). The van der Waals surface area contributed by atoms with E-state index in [4.69, 9.17) is 18.6 Å². The lowest BCUT2D eigenvalue weighted by Crippen LogP contribution is -2.67. The summed E-state index contributed by atoms with van der Waals surface area (Å²) in [6.45, 7) is 20.1. The quantitative estimate of drug-likeness (QED) is 0.236. The normalized spacial score (nSPS) is 21.1. The van der Waals surface area contributed by atoms with Crippen molar-refractivity contribution in [2.45, 2.75) is 111 Å². The molecular weight excluding hydrogens is 544 g/mol. The zero-order valence-electron chi connectivity index (χ0n) is 27.1. The summed E-state index contributed by atoms with van der Waals surface area (Å²) in [4.78, 5) is 12.2. The Kier molecular flexibility index (Phi) is 10.9. The van der Waals surface area contributed by atoms with Crippen molar-refractivity contribution in [1.29, 1.82) is 0 Å². The van der Waals surface area contributed by atoms with Crippen LogP contribution in [0.2, 0.25) is 5.04 Å². The van der Waals surface area contributed by atoms with E-state index < -0.39 is 37.8 Å². The number of esters is 1. The predicted octanol–water partition coefficient (Wildman–Crippen LogP) is 5.45. The monoisotopic (exact) mass is 594 g/mol. The van der Waals surface area contributed by atoms with Gasteiger partial charge in [0, 0.05) is 12.3 Å². The van der Waals surface area contributed by atoms with Gasteiger partial charge in [0.15, 0.2) is 5.79 Å². The van der Waals surface area contributed by atoms with E-state index in [1.54, 1.807) is 0 Å². The van der Waals surface area contributed by atoms with Crippen molar-refractivity contribution in [3.8, 4) is 11.8 Å². The summed E-state index contributed by atoms with van der Waals surface area (Å²) in [6.07, 6.45) is -2.00. The van der Waals surface area contributed by atoms with Gasteiger partial charge in [-0.3, -0.25) is 4.79 Å². The number of aliphatic hydroxyl groups is 1. The van der Waals surface area contributed by atoms with Crippen LogP contribution >= 0.6 is 0 Å². The fourth-order valence-corrected chi connectivity index (χ4v) is 10.1. The van der Waals surface area contributed by atoms with Crippen molar-refractivity contribution in [2.75, 3.05) is 6.61 Å². The number of carbonyl (C=O) groups is 1. The highest BCUT2D eigenvalue weighted by Gasteiger charge is 2.51. The molecule has 0 aliphatic carbocycles. The third kappa shape index (κ3) is 8.12. The largest absolute Gasteiger partial charge is 0.465 e. The maximum Gasteiger partial charge on any atom is 0.311 e. The Bertz CT molecular complexity index is 1180. The molecule has 0 saturated carbocycles. The van der Waals surface area contributed by atoms with Crippen molar-refractivity contribution in [2.24, 2.45) is 11.3 Å². The van der Waals surface area contributed by atoms with Gasteiger partial charge in [-0.15, -0.1) is 0 Å². The van der Waals surface area contributed by atoms with E-state index in [0.717, 1.165) is 0 Å². The molecule has 2 unspecified atom stereocenters. The Morgan fingerprint density at radius 1 is 0.929 bits per heavy atom. The standard InChI is InChI=1S/C35H50O6Si/c1-25(21-22-29(36)31-30(39-35(9,10)40-31)23-24-38-32(37)33(3,4)5)26(2)41-42(34(6,7)8,27-17-13-11-14-18-27)28-19-15-12-16-20-28/h11-20,25-26,29-31,36H,23-24H2,1-10H3/t25-,26?,29?,30+,31-/m1/s1. The summed E-state index contributed by atoms with van der Waals surface area (Å²) in [5.41, 5.74) is -0.583. The first-order chi connectivity index (χ1) is 19.5. The van der Waals surface area contributed by atoms with Gasteiger partial charge in [-0.25, -0.2) is 0 Å². The van der Waals surface area contributed by atoms with Gasteiger partial charge in [0.25, 0.3) is 8.32 Å². The maximum atomic E-state index is 12.2. The molecule has 1 aliphatic rings. The molecule has 230 valence electrons. The van der Waals surface area contributed by atoms with Gasteiger partial charge in [-0.1, -0.05) is 93.3 Å². The minimum absolute atomic E-state index is 0.152. The van der Waals surface area contributed by atoms with E-state index in [9.17, 15) is 9.90 Å². The van der Waals surface area contributed by atoms with E-state index in [-0.39, 0.29) is 29.6 Å². The smallest absolute Gasteiger partial charge is 0.311 e. The molecule has 1 N–H and O–H groups in total. The van der Waals surface area contributed by atoms with Gasteiger partial charge in [0.2, 0.25) is 0 Å². The van der Waals surface area contributed by atoms with Gasteiger partial charge in [0.1, 0.15) is 12.2 Å². The fraction of sp³-hybridized carbons (Fsp3) is 0.571. The summed E-state index contributed by atoms with van der Waals surface area (Å²) < 4.78 is 24.7. The van der Waals surface area contributed by atoms with Crippen molar-refractivity contribution in [1.82, 2.24) is 0 Å². The highest BCUT2D eigenvalue weighted by atomic mass is 28.4. The third-order valence-corrected chi connectivity index (χ3v) is 12.9. The average Bonchev–Trinajstić information content (AvgIpc) is 3.23. The van der Waals surface area contributed by atoms with Crippen molar-refractivity contribution < 1.29 is 28.5 Å². The molecule has 42 heavy (non-hydrogen) atoms. The number of benzene rings is 2. The van der Waals surface area contributed by atoms with Gasteiger partial charge in [-0.2, -0.15) is 0 Å². The molecule has 0 spiro atoms. The second-order valence-corrected chi connectivity index (χ2v) is 18.1. The summed E-state index contributed by atoms with van der Waals surface area (Å²) in [5, 5.41) is 13.4. The van der Waals surface area contributed by atoms with Crippen LogP contribution in [0.4, 0.5) is 0 Å². The van der Waals surface area contributed by atoms with Gasteiger partial charge < -0.3 is 23.7 Å². The summed E-state index contributed by atoms with van der Waals surface area (Å²) in [7, 11) is -2.74. The van der Waals surface area contributed by atoms with Crippen molar-refractivity contribution in [3.05, 3.63) is 60.7 Å². The highest BCUT2D eigenvalue weighted by Crippen LogP contribution is 2.38. The van der Waals surface area contributed by atoms with E-state index >= 15 is 0 Å². The van der Waals surface area contributed by atoms with E-state index in [1.807, 2.05) is 53.7 Å². The number of rotatable bonds is 9. The molecule has 2 aromatic rings. The van der Waals surface area contributed by atoms with Crippen LogP contribution in [0, 0.1) is 23.2 Å². The Hall–Kier alpha value is -2.47. The van der Waals surface area contributed by atoms with Crippen LogP contribution in [-0.2, 0) is 23.4 Å². The number of hydrogen-bond acceptors (Lipinski definition) is 6. The Morgan fingerprint density at radius 2 is 1.45 bits per heavy atom. The number of ether oxygens (including phenoxy) is 3. The molecule has 0 radical (unpaired) electrons. The van der Waals surface area contributed by atoms with Crippen molar-refractivity contribution in [3.63, 3.8) is 0 Å². The second-order valence-electron chi connectivity index (χ2n) is 13.8. The minimum atomic E-state index is -2.74. The van der Waals surface area contributed by atoms with Gasteiger partial charge in [-0.05, 0) is 63.9 Å². The first kappa shape index (κ1) is 34.0. The second kappa shape index (κ2) is 13.4. The van der Waals surface area contributed by atoms with Gasteiger partial charge >= 0.3 is 5.97 Å². The molecule has 6 nitrogen and oxygen atoms in total. The van der Waals surface area contributed by atoms with E-state index in [1.165, 1.54) is 10.4 Å². The van der Waals surface area contributed by atoms with Crippen LogP contribution in [0.5, 0.6) is 0 Å². The topological polar surface area (TPSA) is 74.2 Å². The van der Waals surface area contributed by atoms with Crippen LogP contribution in [0.25, 0.3) is 0 Å². The average molecular weight is 595 g/mol.